The molecule has 63 heavy (non-hydrogen) atoms. The first-order valence-corrected chi connectivity index (χ1v) is 21.2. The van der Waals surface area contributed by atoms with E-state index >= 15 is 0 Å². The van der Waals surface area contributed by atoms with Crippen LogP contribution in [0.15, 0.2) is 217 Å². The molecule has 0 aliphatic rings. The Morgan fingerprint density at radius 3 is 1.57 bits per heavy atom. The van der Waals surface area contributed by atoms with Crippen LogP contribution < -0.4 is 0 Å². The fourth-order valence-corrected chi connectivity index (χ4v) is 9.56. The zero-order valence-corrected chi connectivity index (χ0v) is 33.9. The van der Waals surface area contributed by atoms with E-state index in [-0.39, 0.29) is 0 Å². The van der Waals surface area contributed by atoms with Crippen molar-refractivity contribution in [1.29, 1.82) is 0 Å². The van der Waals surface area contributed by atoms with Crippen LogP contribution in [0.4, 0.5) is 0 Å². The van der Waals surface area contributed by atoms with Gasteiger partial charge in [0.05, 0.1) is 22.1 Å². The molecule has 0 spiro atoms. The SMILES string of the molecule is c1ccc(-c2nc(-c3ccccc3)nc(-n3c4ccccc4c4cc(-c5ccccc5)c(-c5cccc6c7ccccc7n(-c7ccc8oc9ccccc9c8c7)c56)cc43)n2)cc1. The highest BCUT2D eigenvalue weighted by Gasteiger charge is 2.24. The molecule has 0 fully saturated rings. The average molecular weight is 806 g/mol. The molecule has 0 atom stereocenters. The lowest BCUT2D eigenvalue weighted by molar-refractivity contribution is 0.669. The molecular weight excluding hydrogens is 771 g/mol. The summed E-state index contributed by atoms with van der Waals surface area (Å²) in [6.07, 6.45) is 0. The molecular formula is C57H35N5O. The maximum atomic E-state index is 6.31. The molecule has 0 bridgehead atoms. The van der Waals surface area contributed by atoms with Crippen LogP contribution in [-0.4, -0.2) is 24.1 Å². The van der Waals surface area contributed by atoms with E-state index in [4.69, 9.17) is 19.4 Å². The quantitative estimate of drug-likeness (QED) is 0.168. The van der Waals surface area contributed by atoms with E-state index in [0.29, 0.717) is 17.6 Å². The standard InChI is InChI=1S/C57H35N5O/c1-4-17-36(18-5-1)45-34-47-41-24-11-14-29-50(41)62(57-59-55(37-19-6-2-7-20-37)58-56(60-57)38-21-8-3-9-22-38)51(47)35-46(45)44-27-16-26-43-40-23-10-13-28-49(40)61(54(43)44)39-31-32-53-48(33-39)42-25-12-15-30-52(42)63-53/h1-35H. The van der Waals surface area contributed by atoms with Crippen LogP contribution in [0.3, 0.4) is 0 Å². The number of hydrogen-bond donors (Lipinski definition) is 0. The zero-order valence-electron chi connectivity index (χ0n) is 33.9. The van der Waals surface area contributed by atoms with E-state index in [2.05, 4.69) is 173 Å². The maximum Gasteiger partial charge on any atom is 0.238 e. The number of para-hydroxylation sites is 4. The molecule has 0 radical (unpaired) electrons. The van der Waals surface area contributed by atoms with Crippen molar-refractivity contribution in [2.75, 3.05) is 0 Å². The third-order valence-corrected chi connectivity index (χ3v) is 12.4. The van der Waals surface area contributed by atoms with Gasteiger partial charge in [-0.2, -0.15) is 9.97 Å². The molecule has 13 rings (SSSR count). The largest absolute Gasteiger partial charge is 0.456 e. The predicted octanol–water partition coefficient (Wildman–Crippen LogP) is 14.6. The zero-order chi connectivity index (χ0) is 41.4. The Morgan fingerprint density at radius 1 is 0.317 bits per heavy atom. The predicted molar refractivity (Wildman–Crippen MR) is 258 cm³/mol. The second kappa shape index (κ2) is 14.0. The number of nitrogens with zero attached hydrogens (tertiary/aromatic N) is 5. The van der Waals surface area contributed by atoms with Crippen LogP contribution in [0, 0.1) is 0 Å². The summed E-state index contributed by atoms with van der Waals surface area (Å²) in [6.45, 7) is 0. The van der Waals surface area contributed by atoms with E-state index in [1.807, 2.05) is 48.5 Å². The molecule has 0 saturated heterocycles. The van der Waals surface area contributed by atoms with E-state index in [0.717, 1.165) is 93.8 Å². The fraction of sp³-hybridized carbons (Fsp3) is 0. The maximum absolute atomic E-state index is 6.31. The van der Waals surface area contributed by atoms with Gasteiger partial charge >= 0.3 is 0 Å². The molecule has 0 saturated carbocycles. The van der Waals surface area contributed by atoms with Crippen molar-refractivity contribution >= 4 is 65.6 Å². The summed E-state index contributed by atoms with van der Waals surface area (Å²) in [5, 5.41) is 6.79. The number of benzene rings is 9. The highest BCUT2D eigenvalue weighted by molar-refractivity contribution is 6.18. The topological polar surface area (TPSA) is 61.7 Å². The van der Waals surface area contributed by atoms with Crippen LogP contribution >= 0.6 is 0 Å². The highest BCUT2D eigenvalue weighted by Crippen LogP contribution is 2.45. The minimum atomic E-state index is 0.556. The van der Waals surface area contributed by atoms with Gasteiger partial charge in [-0.25, -0.2) is 4.98 Å². The van der Waals surface area contributed by atoms with E-state index in [1.165, 1.54) is 10.8 Å². The summed E-state index contributed by atoms with van der Waals surface area (Å²) < 4.78 is 11.0. The van der Waals surface area contributed by atoms with Gasteiger partial charge in [-0.05, 0) is 65.2 Å². The normalized spacial score (nSPS) is 11.8. The monoisotopic (exact) mass is 805 g/mol. The second-order valence-corrected chi connectivity index (χ2v) is 16.0. The summed E-state index contributed by atoms with van der Waals surface area (Å²) >= 11 is 0. The van der Waals surface area contributed by atoms with Gasteiger partial charge in [0.25, 0.3) is 0 Å². The van der Waals surface area contributed by atoms with Crippen molar-refractivity contribution in [3.63, 3.8) is 0 Å². The molecule has 0 aliphatic heterocycles. The van der Waals surface area contributed by atoms with Gasteiger partial charge < -0.3 is 8.98 Å². The number of rotatable bonds is 6. The molecule has 6 nitrogen and oxygen atoms in total. The molecule has 0 amide bonds. The number of furan rings is 1. The third kappa shape index (κ3) is 5.55. The van der Waals surface area contributed by atoms with Crippen LogP contribution in [0.2, 0.25) is 0 Å². The van der Waals surface area contributed by atoms with Crippen molar-refractivity contribution in [3.05, 3.63) is 212 Å². The van der Waals surface area contributed by atoms with Crippen molar-refractivity contribution in [2.45, 2.75) is 0 Å². The van der Waals surface area contributed by atoms with E-state index in [9.17, 15) is 0 Å². The average Bonchev–Trinajstić information content (AvgIpc) is 4.01. The van der Waals surface area contributed by atoms with Gasteiger partial charge in [0.1, 0.15) is 11.2 Å². The Hall–Kier alpha value is -8.61. The molecule has 294 valence electrons. The lowest BCUT2D eigenvalue weighted by Gasteiger charge is -2.16. The first-order chi connectivity index (χ1) is 31.2. The summed E-state index contributed by atoms with van der Waals surface area (Å²) in [5.74, 6) is 1.78. The Balaban J connectivity index is 1.14. The van der Waals surface area contributed by atoms with Gasteiger partial charge in [-0.15, -0.1) is 0 Å². The number of hydrogen-bond acceptors (Lipinski definition) is 4. The second-order valence-electron chi connectivity index (χ2n) is 16.0. The smallest absolute Gasteiger partial charge is 0.238 e. The van der Waals surface area contributed by atoms with Gasteiger partial charge in [0.15, 0.2) is 11.6 Å². The van der Waals surface area contributed by atoms with Crippen molar-refractivity contribution in [2.24, 2.45) is 0 Å². The first kappa shape index (κ1) is 35.2. The highest BCUT2D eigenvalue weighted by atomic mass is 16.3. The third-order valence-electron chi connectivity index (χ3n) is 12.4. The lowest BCUT2D eigenvalue weighted by atomic mass is 9.91. The van der Waals surface area contributed by atoms with Crippen LogP contribution in [-0.2, 0) is 0 Å². The van der Waals surface area contributed by atoms with Gasteiger partial charge in [0.2, 0.25) is 5.95 Å². The Morgan fingerprint density at radius 2 is 0.873 bits per heavy atom. The van der Waals surface area contributed by atoms with Gasteiger partial charge in [-0.3, -0.25) is 4.57 Å². The molecule has 6 heteroatoms. The fourth-order valence-electron chi connectivity index (χ4n) is 9.56. The molecule has 9 aromatic carbocycles. The Labute approximate surface area is 361 Å². The van der Waals surface area contributed by atoms with Gasteiger partial charge in [0, 0.05) is 54.7 Å². The van der Waals surface area contributed by atoms with Crippen molar-refractivity contribution < 1.29 is 4.42 Å². The van der Waals surface area contributed by atoms with Crippen molar-refractivity contribution in [3.8, 4) is 56.7 Å². The molecule has 4 aromatic heterocycles. The van der Waals surface area contributed by atoms with E-state index in [1.54, 1.807) is 0 Å². The summed E-state index contributed by atoms with van der Waals surface area (Å²) in [5.41, 5.74) is 13.4. The molecule has 13 aromatic rings. The summed E-state index contributed by atoms with van der Waals surface area (Å²) in [4.78, 5) is 15.6. The van der Waals surface area contributed by atoms with Crippen molar-refractivity contribution in [1.82, 2.24) is 24.1 Å². The number of fused-ring (bicyclic) bond motifs is 9. The minimum Gasteiger partial charge on any atom is -0.456 e. The molecule has 0 unspecified atom stereocenters. The summed E-state index contributed by atoms with van der Waals surface area (Å²) in [6, 6.07) is 74.6. The molecule has 0 N–H and O–H groups in total. The lowest BCUT2D eigenvalue weighted by Crippen LogP contribution is -2.06. The first-order valence-electron chi connectivity index (χ1n) is 21.2. The van der Waals surface area contributed by atoms with Gasteiger partial charge in [-0.1, -0.05) is 164 Å². The Bertz CT molecular complexity index is 3850. The summed E-state index contributed by atoms with van der Waals surface area (Å²) in [7, 11) is 0. The van der Waals surface area contributed by atoms with Crippen LogP contribution in [0.5, 0.6) is 0 Å². The molecule has 4 heterocycles. The van der Waals surface area contributed by atoms with Crippen LogP contribution in [0.25, 0.3) is 122 Å². The molecule has 0 aliphatic carbocycles. The van der Waals surface area contributed by atoms with E-state index < -0.39 is 0 Å². The van der Waals surface area contributed by atoms with Crippen LogP contribution in [0.1, 0.15) is 0 Å². The Kier molecular flexibility index (Phi) is 7.80. The number of aromatic nitrogens is 5. The minimum absolute atomic E-state index is 0.556.